The second-order valence-electron chi connectivity index (χ2n) is 6.61. The van der Waals surface area contributed by atoms with Crippen molar-refractivity contribution >= 4 is 21.9 Å². The quantitative estimate of drug-likeness (QED) is 0.770. The van der Waals surface area contributed by atoms with Crippen LogP contribution in [0.25, 0.3) is 0 Å². The maximum Gasteiger partial charge on any atom is 0.337 e. The SMILES string of the molecule is CN1CC=C2C(C(=O)O)=C(N)C(C#N)(C#N)[C@@H](c3ccccc3Br)[C@@H]2C1. The lowest BCUT2D eigenvalue weighted by atomic mass is 9.58. The van der Waals surface area contributed by atoms with Crippen LogP contribution < -0.4 is 5.73 Å². The summed E-state index contributed by atoms with van der Waals surface area (Å²) in [7, 11) is 1.92. The van der Waals surface area contributed by atoms with E-state index < -0.39 is 17.3 Å². The molecule has 3 rings (SSSR count). The Hall–Kier alpha value is -2.61. The molecule has 6 nitrogen and oxygen atoms in total. The lowest BCUT2D eigenvalue weighted by Gasteiger charge is -2.45. The average Bonchev–Trinajstić information content (AvgIpc) is 2.61. The molecule has 1 aliphatic heterocycles. The third kappa shape index (κ3) is 2.52. The van der Waals surface area contributed by atoms with E-state index in [2.05, 4.69) is 28.1 Å². The largest absolute Gasteiger partial charge is 0.478 e. The molecule has 0 amide bonds. The lowest BCUT2D eigenvalue weighted by molar-refractivity contribution is -0.132. The van der Waals surface area contributed by atoms with Gasteiger partial charge in [-0.05, 0) is 24.3 Å². The zero-order valence-electron chi connectivity index (χ0n) is 14.1. The number of carboxylic acid groups (broad SMARTS) is 1. The van der Waals surface area contributed by atoms with Crippen LogP contribution in [0.4, 0.5) is 0 Å². The molecule has 132 valence electrons. The molecule has 0 bridgehead atoms. The van der Waals surface area contributed by atoms with E-state index in [0.717, 1.165) is 10.0 Å². The van der Waals surface area contributed by atoms with E-state index in [0.29, 0.717) is 18.7 Å². The first-order chi connectivity index (χ1) is 12.4. The fraction of sp³-hybridized carbons (Fsp3) is 0.316. The number of hydrogen-bond donors (Lipinski definition) is 2. The van der Waals surface area contributed by atoms with Crippen molar-refractivity contribution in [1.82, 2.24) is 4.90 Å². The first kappa shape index (κ1) is 18.2. The fourth-order valence-corrected chi connectivity index (χ4v) is 4.54. The molecular weight excluding hydrogens is 396 g/mol. The van der Waals surface area contributed by atoms with Gasteiger partial charge in [0.25, 0.3) is 0 Å². The average molecular weight is 413 g/mol. The van der Waals surface area contributed by atoms with Gasteiger partial charge in [0.1, 0.15) is 0 Å². The number of fused-ring (bicyclic) bond motifs is 1. The highest BCUT2D eigenvalue weighted by molar-refractivity contribution is 9.10. The Kier molecular flexibility index (Phi) is 4.62. The van der Waals surface area contributed by atoms with Crippen molar-refractivity contribution in [3.05, 3.63) is 57.2 Å². The highest BCUT2D eigenvalue weighted by Gasteiger charge is 2.55. The highest BCUT2D eigenvalue weighted by Crippen LogP contribution is 2.55. The number of nitrogens with two attached hydrogens (primary N) is 1. The second kappa shape index (κ2) is 6.60. The topological polar surface area (TPSA) is 114 Å². The van der Waals surface area contributed by atoms with Crippen molar-refractivity contribution in [2.24, 2.45) is 17.1 Å². The summed E-state index contributed by atoms with van der Waals surface area (Å²) in [5.74, 6) is -2.11. The summed E-state index contributed by atoms with van der Waals surface area (Å²) >= 11 is 3.51. The third-order valence-corrected chi connectivity index (χ3v) is 5.91. The van der Waals surface area contributed by atoms with E-state index >= 15 is 0 Å². The minimum atomic E-state index is -1.75. The number of carboxylic acids is 1. The van der Waals surface area contributed by atoms with Crippen molar-refractivity contribution < 1.29 is 9.90 Å². The molecule has 0 spiro atoms. The predicted molar refractivity (Wildman–Crippen MR) is 98.5 cm³/mol. The standard InChI is InChI=1S/C19H17BrN4O2/c1-24-7-6-11-13(8-24)16(12-4-2-3-5-14(12)20)19(9-21,10-22)17(23)15(11)18(25)26/h2-6,13,16H,7-8,23H2,1H3,(H,25,26)/t13-,16+/m1/s1. The number of likely N-dealkylation sites (N-methyl/N-ethyl adjacent to an activating group) is 1. The molecule has 1 aliphatic carbocycles. The normalized spacial score (nSPS) is 24.8. The summed E-state index contributed by atoms with van der Waals surface area (Å²) in [6, 6.07) is 11.5. The molecule has 0 unspecified atom stereocenters. The smallest absolute Gasteiger partial charge is 0.337 e. The van der Waals surface area contributed by atoms with Gasteiger partial charge in [0, 0.05) is 29.4 Å². The van der Waals surface area contributed by atoms with Gasteiger partial charge in [0.2, 0.25) is 0 Å². The minimum Gasteiger partial charge on any atom is -0.478 e. The van der Waals surface area contributed by atoms with E-state index in [4.69, 9.17) is 5.73 Å². The van der Waals surface area contributed by atoms with Crippen LogP contribution in [0, 0.1) is 34.0 Å². The number of rotatable bonds is 2. The number of halogens is 1. The predicted octanol–water partition coefficient (Wildman–Crippen LogP) is 2.37. The van der Waals surface area contributed by atoms with Crippen LogP contribution in [-0.4, -0.2) is 36.1 Å². The Bertz CT molecular complexity index is 908. The summed E-state index contributed by atoms with van der Waals surface area (Å²) in [4.78, 5) is 14.0. The Labute approximate surface area is 159 Å². The summed E-state index contributed by atoms with van der Waals surface area (Å²) in [5.41, 5.74) is 5.53. The van der Waals surface area contributed by atoms with Crippen LogP contribution in [0.3, 0.4) is 0 Å². The summed E-state index contributed by atoms with van der Waals surface area (Å²) in [5, 5.41) is 29.7. The number of carbonyl (C=O) groups is 1. The molecule has 0 aromatic heterocycles. The van der Waals surface area contributed by atoms with Crippen LogP contribution in [0.1, 0.15) is 11.5 Å². The number of aliphatic carboxylic acids is 1. The minimum absolute atomic E-state index is 0.102. The first-order valence-electron chi connectivity index (χ1n) is 8.06. The number of allylic oxidation sites excluding steroid dienone is 1. The van der Waals surface area contributed by atoms with Crippen LogP contribution >= 0.6 is 15.9 Å². The second-order valence-corrected chi connectivity index (χ2v) is 7.47. The van der Waals surface area contributed by atoms with Crippen molar-refractivity contribution in [3.8, 4) is 12.1 Å². The van der Waals surface area contributed by atoms with Gasteiger partial charge in [-0.3, -0.25) is 0 Å². The molecule has 0 saturated carbocycles. The number of hydrogen-bond acceptors (Lipinski definition) is 5. The van der Waals surface area contributed by atoms with E-state index in [1.807, 2.05) is 42.3 Å². The highest BCUT2D eigenvalue weighted by atomic mass is 79.9. The molecule has 0 saturated heterocycles. The van der Waals surface area contributed by atoms with Gasteiger partial charge < -0.3 is 15.7 Å². The van der Waals surface area contributed by atoms with Crippen molar-refractivity contribution in [2.45, 2.75) is 5.92 Å². The maximum absolute atomic E-state index is 11.9. The molecule has 1 aromatic carbocycles. The Balaban J connectivity index is 2.39. The molecule has 1 heterocycles. The van der Waals surface area contributed by atoms with Crippen LogP contribution in [-0.2, 0) is 4.79 Å². The fourth-order valence-electron chi connectivity index (χ4n) is 4.01. The van der Waals surface area contributed by atoms with Crippen LogP contribution in [0.2, 0.25) is 0 Å². The van der Waals surface area contributed by atoms with Crippen LogP contribution in [0.5, 0.6) is 0 Å². The first-order valence-corrected chi connectivity index (χ1v) is 8.86. The van der Waals surface area contributed by atoms with Gasteiger partial charge in [-0.15, -0.1) is 0 Å². The maximum atomic E-state index is 11.9. The number of nitriles is 2. The molecule has 2 atom stereocenters. The summed E-state index contributed by atoms with van der Waals surface area (Å²) in [6.07, 6.45) is 1.84. The van der Waals surface area contributed by atoms with E-state index in [1.54, 1.807) is 0 Å². The van der Waals surface area contributed by atoms with Crippen molar-refractivity contribution in [1.29, 1.82) is 10.5 Å². The van der Waals surface area contributed by atoms with Crippen LogP contribution in [0.15, 0.2) is 51.7 Å². The monoisotopic (exact) mass is 412 g/mol. The molecule has 0 fully saturated rings. The Morgan fingerprint density at radius 2 is 2.04 bits per heavy atom. The summed E-state index contributed by atoms with van der Waals surface area (Å²) in [6.45, 7) is 1.12. The molecule has 1 aromatic rings. The Morgan fingerprint density at radius 3 is 2.62 bits per heavy atom. The molecule has 26 heavy (non-hydrogen) atoms. The van der Waals surface area contributed by atoms with Gasteiger partial charge in [0.05, 0.1) is 23.4 Å². The number of benzene rings is 1. The van der Waals surface area contributed by atoms with E-state index in [1.165, 1.54) is 0 Å². The number of nitrogens with zero attached hydrogens (tertiary/aromatic N) is 3. The zero-order chi connectivity index (χ0) is 19.1. The van der Waals surface area contributed by atoms with E-state index in [9.17, 15) is 20.4 Å². The van der Waals surface area contributed by atoms with Gasteiger partial charge in [-0.25, -0.2) is 4.79 Å². The molecule has 3 N–H and O–H groups in total. The van der Waals surface area contributed by atoms with Gasteiger partial charge in [-0.2, -0.15) is 10.5 Å². The molecule has 2 aliphatic rings. The zero-order valence-corrected chi connectivity index (χ0v) is 15.7. The van der Waals surface area contributed by atoms with Gasteiger partial charge in [0.15, 0.2) is 5.41 Å². The Morgan fingerprint density at radius 1 is 1.38 bits per heavy atom. The third-order valence-electron chi connectivity index (χ3n) is 5.19. The molecule has 0 radical (unpaired) electrons. The summed E-state index contributed by atoms with van der Waals surface area (Å²) < 4.78 is 0.763. The molecular formula is C19H17BrN4O2. The van der Waals surface area contributed by atoms with Crippen molar-refractivity contribution in [2.75, 3.05) is 20.1 Å². The van der Waals surface area contributed by atoms with Gasteiger partial charge >= 0.3 is 5.97 Å². The molecule has 7 heteroatoms. The van der Waals surface area contributed by atoms with Crippen molar-refractivity contribution in [3.63, 3.8) is 0 Å². The lowest BCUT2D eigenvalue weighted by Crippen LogP contribution is -2.48. The van der Waals surface area contributed by atoms with E-state index in [-0.39, 0.29) is 17.2 Å². The van der Waals surface area contributed by atoms with Gasteiger partial charge in [-0.1, -0.05) is 40.2 Å².